The van der Waals surface area contributed by atoms with Crippen molar-refractivity contribution in [2.75, 3.05) is 32.9 Å². The number of ether oxygens (including phenoxy) is 2. The summed E-state index contributed by atoms with van der Waals surface area (Å²) in [5.41, 5.74) is 2.86. The number of pyridine rings is 1. The lowest BCUT2D eigenvalue weighted by atomic mass is 10.2. The number of hydrogen-bond acceptors (Lipinski definition) is 5. The molecule has 0 spiro atoms. The van der Waals surface area contributed by atoms with E-state index in [2.05, 4.69) is 10.1 Å². The van der Waals surface area contributed by atoms with Crippen LogP contribution in [0.1, 0.15) is 11.3 Å². The molecule has 8 heteroatoms. The molecule has 0 aliphatic carbocycles. The van der Waals surface area contributed by atoms with E-state index >= 15 is 0 Å². The molecular formula is C20H21FN4O3. The third-order valence-electron chi connectivity index (χ3n) is 4.75. The number of hydrogen-bond donors (Lipinski definition) is 0. The smallest absolute Gasteiger partial charge is 0.260 e. The number of fused-ring (bicyclic) bond motifs is 1. The Kier molecular flexibility index (Phi) is 4.95. The number of amides is 1. The van der Waals surface area contributed by atoms with Crippen molar-refractivity contribution in [3.8, 4) is 11.6 Å². The highest BCUT2D eigenvalue weighted by molar-refractivity contribution is 5.84. The monoisotopic (exact) mass is 384 g/mol. The van der Waals surface area contributed by atoms with E-state index < -0.39 is 0 Å². The lowest BCUT2D eigenvalue weighted by Gasteiger charge is -2.26. The predicted octanol–water partition coefficient (Wildman–Crippen LogP) is 2.41. The molecule has 3 heterocycles. The number of aryl methyl sites for hydroxylation is 2. The fraction of sp³-hybridized carbons (Fsp3) is 0.350. The van der Waals surface area contributed by atoms with Crippen LogP contribution in [-0.4, -0.2) is 58.5 Å². The molecule has 0 unspecified atom stereocenters. The van der Waals surface area contributed by atoms with Gasteiger partial charge in [-0.1, -0.05) is 6.07 Å². The molecule has 146 valence electrons. The number of rotatable bonds is 4. The summed E-state index contributed by atoms with van der Waals surface area (Å²) in [6.07, 6.45) is 0. The number of morpholine rings is 1. The van der Waals surface area contributed by atoms with Crippen molar-refractivity contribution in [1.29, 1.82) is 0 Å². The molecule has 3 aromatic rings. The minimum Gasteiger partial charge on any atom is -0.467 e. The molecule has 0 bridgehead atoms. The van der Waals surface area contributed by atoms with Crippen LogP contribution >= 0.6 is 0 Å². The van der Waals surface area contributed by atoms with Gasteiger partial charge in [-0.15, -0.1) is 0 Å². The summed E-state index contributed by atoms with van der Waals surface area (Å²) in [6, 6.07) is 7.97. The SMILES string of the molecule is Cc1cc(OCC(=O)N2CCOCC2)nc2c1c(C)nn2-c1cccc(F)c1. The van der Waals surface area contributed by atoms with Crippen molar-refractivity contribution < 1.29 is 18.7 Å². The van der Waals surface area contributed by atoms with E-state index in [9.17, 15) is 9.18 Å². The second-order valence-corrected chi connectivity index (χ2v) is 6.73. The Hall–Kier alpha value is -3.00. The topological polar surface area (TPSA) is 69.5 Å². The maximum Gasteiger partial charge on any atom is 0.260 e. The average Bonchev–Trinajstić information content (AvgIpc) is 3.04. The number of aromatic nitrogens is 3. The standard InChI is InChI=1S/C20H21FN4O3/c1-13-10-17(28-12-18(26)24-6-8-27-9-7-24)22-20-19(13)14(2)23-25(20)16-5-3-4-15(21)11-16/h3-5,10-11H,6-9,12H2,1-2H3. The van der Waals surface area contributed by atoms with Gasteiger partial charge >= 0.3 is 0 Å². The van der Waals surface area contributed by atoms with Gasteiger partial charge in [-0.3, -0.25) is 4.79 Å². The fourth-order valence-electron chi connectivity index (χ4n) is 3.38. The first-order chi connectivity index (χ1) is 13.5. The number of halogens is 1. The summed E-state index contributed by atoms with van der Waals surface area (Å²) in [4.78, 5) is 18.6. The minimum absolute atomic E-state index is 0.0922. The first-order valence-corrected chi connectivity index (χ1v) is 9.14. The van der Waals surface area contributed by atoms with E-state index in [0.717, 1.165) is 16.6 Å². The summed E-state index contributed by atoms with van der Waals surface area (Å²) in [5, 5.41) is 5.40. The first-order valence-electron chi connectivity index (χ1n) is 9.14. The second kappa shape index (κ2) is 7.55. The highest BCUT2D eigenvalue weighted by Crippen LogP contribution is 2.26. The van der Waals surface area contributed by atoms with E-state index in [1.54, 1.807) is 27.8 Å². The van der Waals surface area contributed by atoms with Crippen LogP contribution in [0.2, 0.25) is 0 Å². The number of carbonyl (C=O) groups is 1. The Morgan fingerprint density at radius 3 is 2.79 bits per heavy atom. The summed E-state index contributed by atoms with van der Waals surface area (Å²) >= 11 is 0. The molecule has 1 saturated heterocycles. The van der Waals surface area contributed by atoms with Crippen molar-refractivity contribution in [1.82, 2.24) is 19.7 Å². The maximum atomic E-state index is 13.7. The van der Waals surface area contributed by atoms with Gasteiger partial charge in [0.1, 0.15) is 5.82 Å². The van der Waals surface area contributed by atoms with Crippen LogP contribution in [0.4, 0.5) is 4.39 Å². The molecule has 28 heavy (non-hydrogen) atoms. The lowest BCUT2D eigenvalue weighted by Crippen LogP contribution is -2.43. The lowest BCUT2D eigenvalue weighted by molar-refractivity contribution is -0.137. The Balaban J connectivity index is 1.63. The summed E-state index contributed by atoms with van der Waals surface area (Å²) < 4.78 is 26.2. The molecule has 1 fully saturated rings. The zero-order chi connectivity index (χ0) is 19.7. The second-order valence-electron chi connectivity index (χ2n) is 6.73. The Labute approximate surface area is 161 Å². The van der Waals surface area contributed by atoms with Crippen LogP contribution in [0.5, 0.6) is 5.88 Å². The Bertz CT molecular complexity index is 1030. The highest BCUT2D eigenvalue weighted by Gasteiger charge is 2.19. The van der Waals surface area contributed by atoms with E-state index in [0.29, 0.717) is 43.5 Å². The molecule has 1 aromatic carbocycles. The van der Waals surface area contributed by atoms with Gasteiger partial charge in [0.2, 0.25) is 5.88 Å². The highest BCUT2D eigenvalue weighted by atomic mass is 19.1. The third kappa shape index (κ3) is 3.55. The molecule has 0 atom stereocenters. The summed E-state index contributed by atoms with van der Waals surface area (Å²) in [5.74, 6) is -0.110. The van der Waals surface area contributed by atoms with Crippen molar-refractivity contribution in [2.24, 2.45) is 0 Å². The van der Waals surface area contributed by atoms with Gasteiger partial charge in [-0.2, -0.15) is 10.1 Å². The van der Waals surface area contributed by atoms with Gasteiger partial charge in [0.25, 0.3) is 5.91 Å². The van der Waals surface area contributed by atoms with Gasteiger partial charge in [0, 0.05) is 24.5 Å². The zero-order valence-electron chi connectivity index (χ0n) is 15.8. The molecule has 4 rings (SSSR count). The van der Waals surface area contributed by atoms with Gasteiger partial charge in [-0.25, -0.2) is 9.07 Å². The molecule has 1 aliphatic heterocycles. The molecule has 0 saturated carbocycles. The van der Waals surface area contributed by atoms with Gasteiger partial charge in [-0.05, 0) is 37.6 Å². The zero-order valence-corrected chi connectivity index (χ0v) is 15.8. The van der Waals surface area contributed by atoms with E-state index in [4.69, 9.17) is 9.47 Å². The Morgan fingerprint density at radius 1 is 1.25 bits per heavy atom. The van der Waals surface area contributed by atoms with Crippen molar-refractivity contribution in [3.05, 3.63) is 47.4 Å². The van der Waals surface area contributed by atoms with E-state index in [-0.39, 0.29) is 18.3 Å². The van der Waals surface area contributed by atoms with Crippen molar-refractivity contribution in [3.63, 3.8) is 0 Å². The molecule has 1 aliphatic rings. The minimum atomic E-state index is -0.348. The van der Waals surface area contributed by atoms with Crippen molar-refractivity contribution >= 4 is 16.9 Å². The molecule has 2 aromatic heterocycles. The predicted molar refractivity (Wildman–Crippen MR) is 101 cm³/mol. The van der Waals surface area contributed by atoms with Gasteiger partial charge < -0.3 is 14.4 Å². The van der Waals surface area contributed by atoms with Gasteiger partial charge in [0.15, 0.2) is 12.3 Å². The van der Waals surface area contributed by atoms with Crippen LogP contribution in [0, 0.1) is 19.7 Å². The molecule has 1 amide bonds. The Morgan fingerprint density at radius 2 is 2.04 bits per heavy atom. The third-order valence-corrected chi connectivity index (χ3v) is 4.75. The fourth-order valence-corrected chi connectivity index (χ4v) is 3.38. The summed E-state index contributed by atoms with van der Waals surface area (Å²) in [7, 11) is 0. The van der Waals surface area contributed by atoms with Crippen LogP contribution < -0.4 is 4.74 Å². The number of benzene rings is 1. The number of nitrogens with zero attached hydrogens (tertiary/aromatic N) is 4. The molecule has 0 radical (unpaired) electrons. The molecule has 7 nitrogen and oxygen atoms in total. The van der Waals surface area contributed by atoms with Gasteiger partial charge in [0.05, 0.1) is 24.6 Å². The largest absolute Gasteiger partial charge is 0.467 e. The molecule has 0 N–H and O–H groups in total. The van der Waals surface area contributed by atoms with Crippen LogP contribution in [0.3, 0.4) is 0 Å². The number of carbonyl (C=O) groups excluding carboxylic acids is 1. The van der Waals surface area contributed by atoms with E-state index in [1.165, 1.54) is 12.1 Å². The average molecular weight is 384 g/mol. The van der Waals surface area contributed by atoms with Crippen LogP contribution in [0.15, 0.2) is 30.3 Å². The first kappa shape index (κ1) is 18.4. The van der Waals surface area contributed by atoms with E-state index in [1.807, 2.05) is 13.8 Å². The van der Waals surface area contributed by atoms with Crippen molar-refractivity contribution in [2.45, 2.75) is 13.8 Å². The van der Waals surface area contributed by atoms with Crippen LogP contribution in [-0.2, 0) is 9.53 Å². The maximum absolute atomic E-state index is 13.7. The van der Waals surface area contributed by atoms with Crippen LogP contribution in [0.25, 0.3) is 16.7 Å². The normalized spacial score (nSPS) is 14.5. The molecular weight excluding hydrogens is 363 g/mol. The summed E-state index contributed by atoms with van der Waals surface area (Å²) in [6.45, 7) is 5.95. The quantitative estimate of drug-likeness (QED) is 0.691.